The summed E-state index contributed by atoms with van der Waals surface area (Å²) >= 11 is 6.21. The predicted octanol–water partition coefficient (Wildman–Crippen LogP) is 4.10. The van der Waals surface area contributed by atoms with Crippen molar-refractivity contribution < 1.29 is 0 Å². The molecular weight excluding hydrogens is 258 g/mol. The molecule has 3 nitrogen and oxygen atoms in total. The van der Waals surface area contributed by atoms with Crippen LogP contribution in [0.5, 0.6) is 0 Å². The number of aryl methyl sites for hydroxylation is 1. The summed E-state index contributed by atoms with van der Waals surface area (Å²) in [5.41, 5.74) is 4.22. The molecule has 1 aromatic carbocycles. The number of hydrogen-bond acceptors (Lipinski definition) is 3. The molecule has 0 aliphatic heterocycles. The average molecular weight is 276 g/mol. The van der Waals surface area contributed by atoms with E-state index in [1.807, 2.05) is 26.1 Å². The Morgan fingerprint density at radius 1 is 1.26 bits per heavy atom. The van der Waals surface area contributed by atoms with E-state index in [4.69, 9.17) is 11.6 Å². The van der Waals surface area contributed by atoms with Gasteiger partial charge in [0.2, 0.25) is 0 Å². The maximum Gasteiger partial charge on any atom is 0.132 e. The van der Waals surface area contributed by atoms with E-state index in [2.05, 4.69) is 28.3 Å². The van der Waals surface area contributed by atoms with Crippen molar-refractivity contribution in [2.45, 2.75) is 26.7 Å². The molecule has 0 atom stereocenters. The Balaban J connectivity index is 2.57. The fourth-order valence-electron chi connectivity index (χ4n) is 2.10. The van der Waals surface area contributed by atoms with Gasteiger partial charge in [-0.15, -0.1) is 0 Å². The molecule has 0 aliphatic carbocycles. The fourth-order valence-corrected chi connectivity index (χ4v) is 2.28. The summed E-state index contributed by atoms with van der Waals surface area (Å²) in [5, 5.41) is 3.90. The van der Waals surface area contributed by atoms with Crippen LogP contribution in [0.3, 0.4) is 0 Å². The summed E-state index contributed by atoms with van der Waals surface area (Å²) in [7, 11) is 1.88. The van der Waals surface area contributed by atoms with Crippen LogP contribution in [-0.4, -0.2) is 17.0 Å². The highest BCUT2D eigenvalue weighted by Crippen LogP contribution is 2.29. The number of aromatic nitrogens is 2. The SMILES string of the molecule is CCCc1c(NC)ncnc1-c1ccc(C)c(Cl)c1. The lowest BCUT2D eigenvalue weighted by Gasteiger charge is -2.12. The Hall–Kier alpha value is -1.61. The maximum absolute atomic E-state index is 6.21. The van der Waals surface area contributed by atoms with Gasteiger partial charge in [0.25, 0.3) is 0 Å². The van der Waals surface area contributed by atoms with E-state index in [-0.39, 0.29) is 0 Å². The summed E-state index contributed by atoms with van der Waals surface area (Å²) in [6.45, 7) is 4.15. The van der Waals surface area contributed by atoms with Gasteiger partial charge in [0, 0.05) is 23.2 Å². The summed E-state index contributed by atoms with van der Waals surface area (Å²) in [5.74, 6) is 0.892. The van der Waals surface area contributed by atoms with Crippen LogP contribution in [0.2, 0.25) is 5.02 Å². The highest BCUT2D eigenvalue weighted by atomic mass is 35.5. The molecule has 0 fully saturated rings. The van der Waals surface area contributed by atoms with Gasteiger partial charge in [-0.2, -0.15) is 0 Å². The maximum atomic E-state index is 6.21. The van der Waals surface area contributed by atoms with Crippen molar-refractivity contribution >= 4 is 17.4 Å². The summed E-state index contributed by atoms with van der Waals surface area (Å²) in [6.07, 6.45) is 3.58. The van der Waals surface area contributed by atoms with Crippen LogP contribution in [0.25, 0.3) is 11.3 Å². The van der Waals surface area contributed by atoms with Crippen molar-refractivity contribution in [1.82, 2.24) is 9.97 Å². The normalized spacial score (nSPS) is 10.5. The first-order valence-electron chi connectivity index (χ1n) is 6.45. The Labute approximate surface area is 119 Å². The van der Waals surface area contributed by atoms with Gasteiger partial charge >= 0.3 is 0 Å². The van der Waals surface area contributed by atoms with Gasteiger partial charge in [0.1, 0.15) is 12.1 Å². The molecule has 1 N–H and O–H groups in total. The van der Waals surface area contributed by atoms with E-state index in [1.54, 1.807) is 6.33 Å². The van der Waals surface area contributed by atoms with Crippen molar-refractivity contribution in [2.24, 2.45) is 0 Å². The van der Waals surface area contributed by atoms with Crippen molar-refractivity contribution in [2.75, 3.05) is 12.4 Å². The Morgan fingerprint density at radius 3 is 2.68 bits per heavy atom. The van der Waals surface area contributed by atoms with E-state index in [1.165, 1.54) is 0 Å². The molecule has 19 heavy (non-hydrogen) atoms. The lowest BCUT2D eigenvalue weighted by Crippen LogP contribution is -2.03. The molecule has 4 heteroatoms. The first-order chi connectivity index (χ1) is 9.17. The second-order valence-corrected chi connectivity index (χ2v) is 4.92. The molecule has 0 saturated carbocycles. The van der Waals surface area contributed by atoms with E-state index in [0.717, 1.165) is 46.1 Å². The molecule has 0 spiro atoms. The first kappa shape index (κ1) is 13.8. The van der Waals surface area contributed by atoms with Gasteiger partial charge in [0.15, 0.2) is 0 Å². The minimum absolute atomic E-state index is 0.768. The summed E-state index contributed by atoms with van der Waals surface area (Å²) in [4.78, 5) is 8.72. The molecule has 2 rings (SSSR count). The van der Waals surface area contributed by atoms with E-state index in [0.29, 0.717) is 0 Å². The third kappa shape index (κ3) is 2.87. The lowest BCUT2D eigenvalue weighted by molar-refractivity contribution is 0.906. The molecular formula is C15H18ClN3. The first-order valence-corrected chi connectivity index (χ1v) is 6.83. The minimum Gasteiger partial charge on any atom is -0.373 e. The second-order valence-electron chi connectivity index (χ2n) is 4.51. The Kier molecular flexibility index (Phi) is 4.38. The number of nitrogens with zero attached hydrogens (tertiary/aromatic N) is 2. The highest BCUT2D eigenvalue weighted by molar-refractivity contribution is 6.31. The fraction of sp³-hybridized carbons (Fsp3) is 0.333. The number of nitrogens with one attached hydrogen (secondary N) is 1. The highest BCUT2D eigenvalue weighted by Gasteiger charge is 2.12. The summed E-state index contributed by atoms with van der Waals surface area (Å²) < 4.78 is 0. The lowest BCUT2D eigenvalue weighted by atomic mass is 10.0. The monoisotopic (exact) mass is 275 g/mol. The minimum atomic E-state index is 0.768. The van der Waals surface area contributed by atoms with Gasteiger partial charge in [-0.25, -0.2) is 9.97 Å². The van der Waals surface area contributed by atoms with Crippen molar-refractivity contribution in [3.05, 3.63) is 40.7 Å². The van der Waals surface area contributed by atoms with Crippen molar-refractivity contribution in [3.8, 4) is 11.3 Å². The third-order valence-corrected chi connectivity index (χ3v) is 3.53. The number of halogens is 1. The standard InChI is InChI=1S/C15H18ClN3/c1-4-5-12-14(18-9-19-15(12)17-3)11-7-6-10(2)13(16)8-11/h6-9H,4-5H2,1-3H3,(H,17,18,19). The second kappa shape index (κ2) is 6.02. The smallest absolute Gasteiger partial charge is 0.132 e. The molecule has 0 radical (unpaired) electrons. The average Bonchev–Trinajstić information content (AvgIpc) is 2.42. The van der Waals surface area contributed by atoms with Crippen LogP contribution in [0.15, 0.2) is 24.5 Å². The molecule has 1 aromatic heterocycles. The topological polar surface area (TPSA) is 37.8 Å². The molecule has 0 saturated heterocycles. The van der Waals surface area contributed by atoms with Crippen molar-refractivity contribution in [3.63, 3.8) is 0 Å². The number of benzene rings is 1. The zero-order valence-corrected chi connectivity index (χ0v) is 12.3. The molecule has 100 valence electrons. The van der Waals surface area contributed by atoms with Crippen molar-refractivity contribution in [1.29, 1.82) is 0 Å². The number of rotatable bonds is 4. The van der Waals surface area contributed by atoms with E-state index < -0.39 is 0 Å². The van der Waals surface area contributed by atoms with Crippen LogP contribution in [0.1, 0.15) is 24.5 Å². The summed E-state index contributed by atoms with van der Waals surface area (Å²) in [6, 6.07) is 6.05. The molecule has 2 aromatic rings. The van der Waals surface area contributed by atoms with Crippen LogP contribution in [0, 0.1) is 6.92 Å². The zero-order chi connectivity index (χ0) is 13.8. The van der Waals surface area contributed by atoms with Gasteiger partial charge in [0.05, 0.1) is 5.69 Å². The molecule has 1 heterocycles. The van der Waals surface area contributed by atoms with E-state index >= 15 is 0 Å². The largest absolute Gasteiger partial charge is 0.373 e. The predicted molar refractivity (Wildman–Crippen MR) is 80.8 cm³/mol. The molecule has 0 aliphatic rings. The molecule has 0 unspecified atom stereocenters. The van der Waals surface area contributed by atoms with Crippen LogP contribution in [-0.2, 0) is 6.42 Å². The number of anilines is 1. The van der Waals surface area contributed by atoms with Crippen LogP contribution in [0.4, 0.5) is 5.82 Å². The van der Waals surface area contributed by atoms with E-state index in [9.17, 15) is 0 Å². The van der Waals surface area contributed by atoms with Crippen LogP contribution < -0.4 is 5.32 Å². The molecule has 0 amide bonds. The molecule has 0 bridgehead atoms. The van der Waals surface area contributed by atoms with Crippen LogP contribution >= 0.6 is 11.6 Å². The van der Waals surface area contributed by atoms with Gasteiger partial charge in [-0.05, 0) is 25.0 Å². The zero-order valence-electron chi connectivity index (χ0n) is 11.5. The Bertz CT molecular complexity index is 582. The van der Waals surface area contributed by atoms with Gasteiger partial charge < -0.3 is 5.32 Å². The van der Waals surface area contributed by atoms with Gasteiger partial charge in [-0.1, -0.05) is 37.1 Å². The number of hydrogen-bond donors (Lipinski definition) is 1. The quantitative estimate of drug-likeness (QED) is 0.913. The van der Waals surface area contributed by atoms with Gasteiger partial charge in [-0.3, -0.25) is 0 Å². The third-order valence-electron chi connectivity index (χ3n) is 3.13. The Morgan fingerprint density at radius 2 is 2.05 bits per heavy atom.